The second kappa shape index (κ2) is 7.78. The van der Waals surface area contributed by atoms with E-state index in [1.165, 1.54) is 0 Å². The Morgan fingerprint density at radius 3 is 2.09 bits per heavy atom. The molecule has 0 heterocycles. The molecule has 0 saturated heterocycles. The van der Waals surface area contributed by atoms with E-state index in [0.717, 1.165) is 19.3 Å². The van der Waals surface area contributed by atoms with Crippen LogP contribution in [0.15, 0.2) is 0 Å². The largest absolute Gasteiger partial charge is 0.353 e. The Bertz CT molecular complexity index is 429. The zero-order valence-corrected chi connectivity index (χ0v) is 15.9. The van der Waals surface area contributed by atoms with Crippen molar-refractivity contribution in [2.24, 2.45) is 10.8 Å². The van der Waals surface area contributed by atoms with E-state index < -0.39 is 15.6 Å². The Morgan fingerprint density at radius 2 is 1.59 bits per heavy atom. The Hall–Kier alpha value is 0.1000. The van der Waals surface area contributed by atoms with Crippen molar-refractivity contribution < 1.29 is 9.59 Å². The van der Waals surface area contributed by atoms with Crippen LogP contribution in [-0.4, -0.2) is 34.1 Å². The van der Waals surface area contributed by atoms with Gasteiger partial charge in [0.05, 0.1) is 0 Å². The molecule has 8 heteroatoms. The lowest BCUT2D eigenvalue weighted by molar-refractivity contribution is -0.122. The second-order valence-corrected chi connectivity index (χ2v) is 9.28. The van der Waals surface area contributed by atoms with Crippen LogP contribution in [0.3, 0.4) is 0 Å². The molecule has 1 rings (SSSR count). The first-order valence-electron chi connectivity index (χ1n) is 7.08. The number of amides is 2. The number of halogens is 4. The van der Waals surface area contributed by atoms with E-state index in [1.54, 1.807) is 0 Å². The van der Waals surface area contributed by atoms with Gasteiger partial charge in [0, 0.05) is 12.6 Å². The molecular formula is C14H22Cl4N2O2. The van der Waals surface area contributed by atoms with Gasteiger partial charge in [-0.2, -0.15) is 0 Å². The SMILES string of the molecule is CC1(C)CC(NC(=O)C(Cl)Cl)CC(C)(CNC(=O)C(Cl)Cl)C1. The lowest BCUT2D eigenvalue weighted by atomic mass is 9.62. The van der Waals surface area contributed by atoms with Gasteiger partial charge in [-0.1, -0.05) is 67.2 Å². The molecule has 1 saturated carbocycles. The first kappa shape index (κ1) is 20.1. The van der Waals surface area contributed by atoms with Crippen LogP contribution in [0.1, 0.15) is 40.0 Å². The summed E-state index contributed by atoms with van der Waals surface area (Å²) in [6, 6.07) is -0.0408. The highest BCUT2D eigenvalue weighted by atomic mass is 35.5. The summed E-state index contributed by atoms with van der Waals surface area (Å²) in [5, 5.41) is 5.63. The van der Waals surface area contributed by atoms with Gasteiger partial charge in [0.2, 0.25) is 0 Å². The van der Waals surface area contributed by atoms with Gasteiger partial charge < -0.3 is 10.6 Å². The van der Waals surface area contributed by atoms with Crippen molar-refractivity contribution in [2.45, 2.75) is 55.7 Å². The van der Waals surface area contributed by atoms with Gasteiger partial charge in [-0.15, -0.1) is 0 Å². The fraction of sp³-hybridized carbons (Fsp3) is 0.857. The van der Waals surface area contributed by atoms with Crippen LogP contribution in [-0.2, 0) is 9.59 Å². The lowest BCUT2D eigenvalue weighted by Crippen LogP contribution is -2.51. The Morgan fingerprint density at radius 1 is 1.05 bits per heavy atom. The fourth-order valence-corrected chi connectivity index (χ4v) is 3.79. The standard InChI is InChI=1S/C14H22Cl4N2O2/c1-13(2)4-8(20-12(22)10(17)18)5-14(3,6-13)7-19-11(21)9(15)16/h8-10H,4-7H2,1-3H3,(H,19,21)(H,20,22). The molecule has 2 amide bonds. The Kier molecular flexibility index (Phi) is 7.12. The van der Waals surface area contributed by atoms with E-state index in [2.05, 4.69) is 31.4 Å². The van der Waals surface area contributed by atoms with Gasteiger partial charge >= 0.3 is 0 Å². The summed E-state index contributed by atoms with van der Waals surface area (Å²) in [6.07, 6.45) is 2.46. The number of rotatable bonds is 5. The molecule has 1 aliphatic rings. The van der Waals surface area contributed by atoms with Crippen LogP contribution < -0.4 is 10.6 Å². The number of carbonyl (C=O) groups is 2. The van der Waals surface area contributed by atoms with E-state index in [-0.39, 0.29) is 22.8 Å². The van der Waals surface area contributed by atoms with E-state index in [9.17, 15) is 9.59 Å². The van der Waals surface area contributed by atoms with Crippen molar-refractivity contribution in [3.8, 4) is 0 Å². The molecule has 0 radical (unpaired) electrons. The normalized spacial score (nSPS) is 27.8. The van der Waals surface area contributed by atoms with Crippen molar-refractivity contribution in [3.63, 3.8) is 0 Å². The number of nitrogens with one attached hydrogen (secondary N) is 2. The molecule has 1 aliphatic carbocycles. The molecule has 2 atom stereocenters. The fourth-order valence-electron chi connectivity index (χ4n) is 3.51. The third kappa shape index (κ3) is 6.31. The summed E-state index contributed by atoms with van der Waals surface area (Å²) in [5.41, 5.74) is -0.155. The van der Waals surface area contributed by atoms with E-state index >= 15 is 0 Å². The minimum atomic E-state index is -1.08. The molecule has 0 aliphatic heterocycles. The third-order valence-corrected chi connectivity index (χ3v) is 4.67. The minimum Gasteiger partial charge on any atom is -0.353 e. The monoisotopic (exact) mass is 390 g/mol. The maximum atomic E-state index is 11.7. The third-order valence-electron chi connectivity index (χ3n) is 3.88. The average Bonchev–Trinajstić information content (AvgIpc) is 2.33. The van der Waals surface area contributed by atoms with Crippen LogP contribution >= 0.6 is 46.4 Å². The van der Waals surface area contributed by atoms with Gasteiger partial charge in [-0.3, -0.25) is 9.59 Å². The zero-order valence-electron chi connectivity index (χ0n) is 12.9. The number of hydrogen-bond donors (Lipinski definition) is 2. The number of hydrogen-bond acceptors (Lipinski definition) is 2. The molecule has 22 heavy (non-hydrogen) atoms. The van der Waals surface area contributed by atoms with Crippen LogP contribution in [0.2, 0.25) is 0 Å². The first-order valence-corrected chi connectivity index (χ1v) is 8.83. The predicted octanol–water partition coefficient (Wildman–Crippen LogP) is 3.41. The highest BCUT2D eigenvalue weighted by Gasteiger charge is 2.42. The first-order chi connectivity index (χ1) is 9.94. The molecule has 128 valence electrons. The van der Waals surface area contributed by atoms with Crippen molar-refractivity contribution in [2.75, 3.05) is 6.54 Å². The van der Waals surface area contributed by atoms with Crippen LogP contribution in [0.5, 0.6) is 0 Å². The van der Waals surface area contributed by atoms with Gasteiger partial charge in [0.15, 0.2) is 9.67 Å². The lowest BCUT2D eigenvalue weighted by Gasteiger charge is -2.47. The minimum absolute atomic E-state index is 0.0190. The molecule has 1 fully saturated rings. The van der Waals surface area contributed by atoms with Crippen LogP contribution in [0.25, 0.3) is 0 Å². The second-order valence-electron chi connectivity index (χ2n) is 7.08. The molecule has 0 aromatic rings. The summed E-state index contributed by atoms with van der Waals surface area (Å²) in [5.74, 6) is -0.797. The van der Waals surface area contributed by atoms with Crippen LogP contribution in [0.4, 0.5) is 0 Å². The van der Waals surface area contributed by atoms with E-state index in [4.69, 9.17) is 46.4 Å². The summed E-state index contributed by atoms with van der Waals surface area (Å²) in [6.45, 7) is 6.79. The van der Waals surface area contributed by atoms with Gasteiger partial charge in [0.25, 0.3) is 11.8 Å². The summed E-state index contributed by atoms with van der Waals surface area (Å²) in [7, 11) is 0. The molecule has 0 spiro atoms. The van der Waals surface area contributed by atoms with Crippen molar-refractivity contribution in [1.82, 2.24) is 10.6 Å². The highest BCUT2D eigenvalue weighted by Crippen LogP contribution is 2.45. The summed E-state index contributed by atoms with van der Waals surface area (Å²) < 4.78 is 0. The summed E-state index contributed by atoms with van der Waals surface area (Å²) >= 11 is 22.3. The van der Waals surface area contributed by atoms with Crippen molar-refractivity contribution >= 4 is 58.2 Å². The van der Waals surface area contributed by atoms with E-state index in [0.29, 0.717) is 6.54 Å². The van der Waals surface area contributed by atoms with Crippen molar-refractivity contribution in [1.29, 1.82) is 0 Å². The molecule has 0 bridgehead atoms. The quantitative estimate of drug-likeness (QED) is 0.705. The molecule has 0 aromatic carbocycles. The summed E-state index contributed by atoms with van der Waals surface area (Å²) in [4.78, 5) is 21.1. The van der Waals surface area contributed by atoms with E-state index in [1.807, 2.05) is 0 Å². The van der Waals surface area contributed by atoms with Crippen LogP contribution in [0, 0.1) is 10.8 Å². The molecule has 2 unspecified atom stereocenters. The molecule has 4 nitrogen and oxygen atoms in total. The molecule has 2 N–H and O–H groups in total. The van der Waals surface area contributed by atoms with Gasteiger partial charge in [-0.05, 0) is 30.1 Å². The predicted molar refractivity (Wildman–Crippen MR) is 91.7 cm³/mol. The number of carbonyl (C=O) groups excluding carboxylic acids is 2. The zero-order chi connectivity index (χ0) is 17.1. The average molecular weight is 392 g/mol. The molecule has 0 aromatic heterocycles. The number of alkyl halides is 4. The smallest absolute Gasteiger partial charge is 0.253 e. The van der Waals surface area contributed by atoms with Gasteiger partial charge in [-0.25, -0.2) is 0 Å². The molecular weight excluding hydrogens is 370 g/mol. The maximum absolute atomic E-state index is 11.7. The topological polar surface area (TPSA) is 58.2 Å². The van der Waals surface area contributed by atoms with Crippen molar-refractivity contribution in [3.05, 3.63) is 0 Å². The maximum Gasteiger partial charge on any atom is 0.253 e. The highest BCUT2D eigenvalue weighted by molar-refractivity contribution is 6.53. The van der Waals surface area contributed by atoms with Gasteiger partial charge in [0.1, 0.15) is 0 Å². The Balaban J connectivity index is 2.73. The Labute approximate surface area is 151 Å².